The first-order valence-corrected chi connectivity index (χ1v) is 11.6. The maximum absolute atomic E-state index is 13.1. The van der Waals surface area contributed by atoms with Crippen molar-refractivity contribution in [1.29, 1.82) is 0 Å². The zero-order valence-electron chi connectivity index (χ0n) is 19.3. The zero-order chi connectivity index (χ0) is 23.8. The number of nitrogens with zero attached hydrogens (tertiary/aromatic N) is 2. The Morgan fingerprint density at radius 1 is 0.853 bits per heavy atom. The normalized spacial score (nSPS) is 10.7. The summed E-state index contributed by atoms with van der Waals surface area (Å²) in [6.45, 7) is 2.68. The first-order chi connectivity index (χ1) is 16.6. The number of esters is 1. The second-order valence-electron chi connectivity index (χ2n) is 8.14. The lowest BCUT2D eigenvalue weighted by Crippen LogP contribution is -2.36. The number of aryl methyl sites for hydroxylation is 1. The molecule has 0 radical (unpaired) electrons. The molecule has 3 aromatic carbocycles. The van der Waals surface area contributed by atoms with Crippen molar-refractivity contribution in [3.8, 4) is 0 Å². The average molecular weight is 453 g/mol. The molecule has 0 aliphatic heterocycles. The smallest absolute Gasteiger partial charge is 0.339 e. The van der Waals surface area contributed by atoms with Crippen LogP contribution in [0.15, 0.2) is 91.0 Å². The third-order valence-electron chi connectivity index (χ3n) is 5.76. The highest BCUT2D eigenvalue weighted by Gasteiger charge is 2.19. The molecule has 0 N–H and O–H groups in total. The van der Waals surface area contributed by atoms with Gasteiger partial charge in [0.1, 0.15) is 0 Å². The van der Waals surface area contributed by atoms with Crippen LogP contribution in [0.4, 0.5) is 0 Å². The molecule has 0 spiro atoms. The summed E-state index contributed by atoms with van der Waals surface area (Å²) in [5.74, 6) is -0.730. The molecule has 0 saturated heterocycles. The Labute approximate surface area is 200 Å². The Morgan fingerprint density at radius 3 is 2.21 bits per heavy atom. The van der Waals surface area contributed by atoms with Crippen LogP contribution >= 0.6 is 0 Å². The lowest BCUT2D eigenvalue weighted by atomic mass is 10.1. The molecule has 34 heavy (non-hydrogen) atoms. The molecular formula is C29H28N2O3. The highest BCUT2D eigenvalue weighted by molar-refractivity contribution is 6.04. The first kappa shape index (κ1) is 23.2. The number of hydrogen-bond donors (Lipinski definition) is 0. The van der Waals surface area contributed by atoms with Gasteiger partial charge in [0.15, 0.2) is 6.61 Å². The van der Waals surface area contributed by atoms with Crippen LogP contribution in [-0.2, 0) is 28.9 Å². The van der Waals surface area contributed by atoms with Crippen LogP contribution in [0.1, 0.15) is 34.1 Å². The molecule has 1 amide bonds. The summed E-state index contributed by atoms with van der Waals surface area (Å²) in [4.78, 5) is 32.4. The second-order valence-corrected chi connectivity index (χ2v) is 8.14. The molecule has 1 heterocycles. The molecule has 0 aliphatic carbocycles. The van der Waals surface area contributed by atoms with E-state index in [1.165, 1.54) is 0 Å². The topological polar surface area (TPSA) is 59.5 Å². The Bertz CT molecular complexity index is 1260. The van der Waals surface area contributed by atoms with E-state index in [1.807, 2.05) is 91.9 Å². The zero-order valence-corrected chi connectivity index (χ0v) is 19.3. The molecular weight excluding hydrogens is 424 g/mol. The van der Waals surface area contributed by atoms with Gasteiger partial charge in [-0.3, -0.25) is 9.78 Å². The van der Waals surface area contributed by atoms with Crippen molar-refractivity contribution < 1.29 is 14.3 Å². The van der Waals surface area contributed by atoms with Gasteiger partial charge in [0.25, 0.3) is 5.91 Å². The molecule has 1 aromatic heterocycles. The summed E-state index contributed by atoms with van der Waals surface area (Å²) in [7, 11) is 0. The molecule has 0 atom stereocenters. The fourth-order valence-electron chi connectivity index (χ4n) is 3.88. The van der Waals surface area contributed by atoms with E-state index in [-0.39, 0.29) is 12.5 Å². The lowest BCUT2D eigenvalue weighted by molar-refractivity contribution is -0.135. The van der Waals surface area contributed by atoms with Crippen LogP contribution < -0.4 is 0 Å². The van der Waals surface area contributed by atoms with Crippen LogP contribution in [0.2, 0.25) is 0 Å². The molecule has 5 heteroatoms. The fraction of sp³-hybridized carbons (Fsp3) is 0.207. The van der Waals surface area contributed by atoms with Crippen molar-refractivity contribution in [2.24, 2.45) is 0 Å². The van der Waals surface area contributed by atoms with E-state index in [1.54, 1.807) is 11.0 Å². The number of carbonyl (C=O) groups is 2. The van der Waals surface area contributed by atoms with Gasteiger partial charge in [0.05, 0.1) is 11.1 Å². The van der Waals surface area contributed by atoms with Gasteiger partial charge in [0, 0.05) is 24.2 Å². The van der Waals surface area contributed by atoms with Crippen molar-refractivity contribution in [2.75, 3.05) is 13.2 Å². The van der Waals surface area contributed by atoms with Crippen LogP contribution in [0.25, 0.3) is 10.9 Å². The third-order valence-corrected chi connectivity index (χ3v) is 5.76. The van der Waals surface area contributed by atoms with Gasteiger partial charge in [-0.2, -0.15) is 0 Å². The number of ether oxygens (including phenoxy) is 1. The standard InChI is InChI=1S/C29H28N2O3/c1-2-24-19-26(25-15-9-10-16-27(25)30-24)29(33)34-21-28(32)31(20-23-13-7-4-8-14-23)18-17-22-11-5-3-6-12-22/h3-16,19H,2,17-18,20-21H2,1H3. The van der Waals surface area contributed by atoms with E-state index in [0.717, 1.165) is 34.1 Å². The van der Waals surface area contributed by atoms with Crippen molar-refractivity contribution in [1.82, 2.24) is 9.88 Å². The molecule has 0 bridgehead atoms. The SMILES string of the molecule is CCc1cc(C(=O)OCC(=O)N(CCc2ccccc2)Cc2ccccc2)c2ccccc2n1. The molecule has 172 valence electrons. The predicted octanol–water partition coefficient (Wildman–Crippen LogP) is 5.23. The number of hydrogen-bond acceptors (Lipinski definition) is 4. The molecule has 0 aliphatic rings. The lowest BCUT2D eigenvalue weighted by Gasteiger charge is -2.23. The van der Waals surface area contributed by atoms with Gasteiger partial charge in [-0.15, -0.1) is 0 Å². The Morgan fingerprint density at radius 2 is 1.50 bits per heavy atom. The van der Waals surface area contributed by atoms with Gasteiger partial charge < -0.3 is 9.64 Å². The van der Waals surface area contributed by atoms with Crippen molar-refractivity contribution >= 4 is 22.8 Å². The van der Waals surface area contributed by atoms with Crippen molar-refractivity contribution in [2.45, 2.75) is 26.3 Å². The molecule has 4 rings (SSSR count). The summed E-state index contributed by atoms with van der Waals surface area (Å²) >= 11 is 0. The van der Waals surface area contributed by atoms with Gasteiger partial charge >= 0.3 is 5.97 Å². The van der Waals surface area contributed by atoms with Gasteiger partial charge in [-0.05, 0) is 36.1 Å². The monoisotopic (exact) mass is 452 g/mol. The van der Waals surface area contributed by atoms with Crippen LogP contribution in [-0.4, -0.2) is 34.9 Å². The summed E-state index contributed by atoms with van der Waals surface area (Å²) in [5.41, 5.74) is 4.18. The van der Waals surface area contributed by atoms with Crippen LogP contribution in [0, 0.1) is 0 Å². The Kier molecular flexibility index (Phi) is 7.66. The van der Waals surface area contributed by atoms with Crippen molar-refractivity contribution in [3.63, 3.8) is 0 Å². The summed E-state index contributed by atoms with van der Waals surface area (Å²) in [6.07, 6.45) is 1.43. The Balaban J connectivity index is 1.47. The molecule has 0 fully saturated rings. The number of para-hydroxylation sites is 1. The Hall–Kier alpha value is -3.99. The summed E-state index contributed by atoms with van der Waals surface area (Å²) < 4.78 is 5.51. The number of benzene rings is 3. The quantitative estimate of drug-likeness (QED) is 0.327. The first-order valence-electron chi connectivity index (χ1n) is 11.6. The highest BCUT2D eigenvalue weighted by Crippen LogP contribution is 2.20. The summed E-state index contributed by atoms with van der Waals surface area (Å²) in [6, 6.07) is 29.1. The minimum atomic E-state index is -0.510. The number of carbonyl (C=O) groups excluding carboxylic acids is 2. The van der Waals surface area contributed by atoms with Gasteiger partial charge in [-0.1, -0.05) is 85.8 Å². The number of rotatable bonds is 9. The van der Waals surface area contributed by atoms with E-state index in [2.05, 4.69) is 4.98 Å². The average Bonchev–Trinajstić information content (AvgIpc) is 2.90. The number of fused-ring (bicyclic) bond motifs is 1. The van der Waals surface area contributed by atoms with Crippen molar-refractivity contribution in [3.05, 3.63) is 113 Å². The minimum absolute atomic E-state index is 0.220. The van der Waals surface area contributed by atoms with E-state index in [4.69, 9.17) is 4.74 Å². The number of amides is 1. The predicted molar refractivity (Wildman–Crippen MR) is 133 cm³/mol. The van der Waals surface area contributed by atoms with Crippen LogP contribution in [0.3, 0.4) is 0 Å². The van der Waals surface area contributed by atoms with E-state index < -0.39 is 5.97 Å². The van der Waals surface area contributed by atoms with E-state index in [9.17, 15) is 9.59 Å². The van der Waals surface area contributed by atoms with Crippen LogP contribution in [0.5, 0.6) is 0 Å². The molecule has 5 nitrogen and oxygen atoms in total. The molecule has 0 saturated carbocycles. The largest absolute Gasteiger partial charge is 0.452 e. The maximum atomic E-state index is 13.1. The third kappa shape index (κ3) is 5.87. The van der Waals surface area contributed by atoms with E-state index >= 15 is 0 Å². The minimum Gasteiger partial charge on any atom is -0.452 e. The van der Waals surface area contributed by atoms with Gasteiger partial charge in [-0.25, -0.2) is 4.79 Å². The molecule has 0 unspecified atom stereocenters. The number of aromatic nitrogens is 1. The summed E-state index contributed by atoms with van der Waals surface area (Å²) in [5, 5.41) is 0.724. The number of pyridine rings is 1. The fourth-order valence-corrected chi connectivity index (χ4v) is 3.88. The maximum Gasteiger partial charge on any atom is 0.339 e. The second kappa shape index (κ2) is 11.2. The van der Waals surface area contributed by atoms with E-state index in [0.29, 0.717) is 25.1 Å². The van der Waals surface area contributed by atoms with Gasteiger partial charge in [0.2, 0.25) is 0 Å². The highest BCUT2D eigenvalue weighted by atomic mass is 16.5. The molecule has 4 aromatic rings.